The minimum absolute atomic E-state index is 0.0803. The van der Waals surface area contributed by atoms with Crippen LogP contribution >= 0.6 is 15.9 Å². The predicted octanol–water partition coefficient (Wildman–Crippen LogP) is 5.20. The van der Waals surface area contributed by atoms with Gasteiger partial charge in [0, 0.05) is 17.6 Å². The number of nitrogens with zero attached hydrogens (tertiary/aromatic N) is 2. The fourth-order valence-corrected chi connectivity index (χ4v) is 5.89. The van der Waals surface area contributed by atoms with Crippen LogP contribution in [0.25, 0.3) is 0 Å². The lowest BCUT2D eigenvalue weighted by molar-refractivity contribution is -0.140. The molecule has 0 unspecified atom stereocenters. The molecule has 2 amide bonds. The van der Waals surface area contributed by atoms with E-state index in [0.717, 1.165) is 21.0 Å². The fraction of sp³-hybridized carbons (Fsp3) is 0.310. The Morgan fingerprint density at radius 1 is 0.921 bits per heavy atom. The Morgan fingerprint density at radius 2 is 1.53 bits per heavy atom. The molecule has 202 valence electrons. The summed E-state index contributed by atoms with van der Waals surface area (Å²) >= 11 is 3.41. The summed E-state index contributed by atoms with van der Waals surface area (Å²) in [5.74, 6) is -0.745. The van der Waals surface area contributed by atoms with E-state index in [4.69, 9.17) is 0 Å². The van der Waals surface area contributed by atoms with Crippen molar-refractivity contribution < 1.29 is 18.0 Å². The lowest BCUT2D eigenvalue weighted by Crippen LogP contribution is -2.52. The first kappa shape index (κ1) is 29.4. The number of nitrogens with one attached hydrogen (secondary N) is 1. The van der Waals surface area contributed by atoms with Crippen LogP contribution in [-0.2, 0) is 26.2 Å². The number of amides is 2. The minimum atomic E-state index is -4.09. The van der Waals surface area contributed by atoms with E-state index in [9.17, 15) is 18.0 Å². The SMILES string of the molecule is CCNC(=O)[C@H](CC)N(Cc1ccc(C)cc1)C(=O)CN(c1cccc(Br)c1)S(=O)(=O)c1ccc(C)cc1. The lowest BCUT2D eigenvalue weighted by atomic mass is 10.1. The summed E-state index contributed by atoms with van der Waals surface area (Å²) in [7, 11) is -4.09. The fourth-order valence-electron chi connectivity index (χ4n) is 4.10. The molecule has 1 N–H and O–H groups in total. The number of carbonyl (C=O) groups excluding carboxylic acids is 2. The monoisotopic (exact) mass is 599 g/mol. The van der Waals surface area contributed by atoms with Crippen molar-refractivity contribution in [1.82, 2.24) is 10.2 Å². The maximum Gasteiger partial charge on any atom is 0.264 e. The molecule has 0 aliphatic carbocycles. The molecular weight excluding hydrogens is 566 g/mol. The largest absolute Gasteiger partial charge is 0.355 e. The van der Waals surface area contributed by atoms with E-state index in [-0.39, 0.29) is 17.3 Å². The van der Waals surface area contributed by atoms with Gasteiger partial charge in [-0.1, -0.05) is 76.4 Å². The van der Waals surface area contributed by atoms with Crippen molar-refractivity contribution in [2.45, 2.75) is 51.6 Å². The van der Waals surface area contributed by atoms with Gasteiger partial charge in [0.1, 0.15) is 12.6 Å². The Bertz CT molecular complexity index is 1360. The number of anilines is 1. The van der Waals surface area contributed by atoms with Crippen molar-refractivity contribution in [3.05, 3.63) is 94.0 Å². The van der Waals surface area contributed by atoms with E-state index in [2.05, 4.69) is 21.2 Å². The van der Waals surface area contributed by atoms with Gasteiger partial charge in [-0.15, -0.1) is 0 Å². The van der Waals surface area contributed by atoms with Crippen molar-refractivity contribution in [3.63, 3.8) is 0 Å². The predicted molar refractivity (Wildman–Crippen MR) is 154 cm³/mol. The molecule has 0 bridgehead atoms. The Hall–Kier alpha value is -3.17. The normalized spacial score (nSPS) is 12.0. The van der Waals surface area contributed by atoms with Crippen LogP contribution < -0.4 is 9.62 Å². The summed E-state index contributed by atoms with van der Waals surface area (Å²) in [4.78, 5) is 28.5. The molecule has 0 aliphatic heterocycles. The number of halogens is 1. The highest BCUT2D eigenvalue weighted by Gasteiger charge is 2.33. The van der Waals surface area contributed by atoms with Gasteiger partial charge in [-0.2, -0.15) is 0 Å². The van der Waals surface area contributed by atoms with Crippen LogP contribution in [0.1, 0.15) is 37.0 Å². The van der Waals surface area contributed by atoms with Crippen LogP contribution in [0.3, 0.4) is 0 Å². The van der Waals surface area contributed by atoms with E-state index in [1.807, 2.05) is 52.0 Å². The molecule has 3 aromatic carbocycles. The highest BCUT2D eigenvalue weighted by atomic mass is 79.9. The Kier molecular flexibility index (Phi) is 10.1. The van der Waals surface area contributed by atoms with Crippen molar-refractivity contribution in [2.75, 3.05) is 17.4 Å². The average molecular weight is 601 g/mol. The first-order valence-electron chi connectivity index (χ1n) is 12.5. The lowest BCUT2D eigenvalue weighted by Gasteiger charge is -2.33. The van der Waals surface area contributed by atoms with E-state index >= 15 is 0 Å². The zero-order valence-electron chi connectivity index (χ0n) is 22.1. The van der Waals surface area contributed by atoms with Crippen LogP contribution in [0.2, 0.25) is 0 Å². The zero-order valence-corrected chi connectivity index (χ0v) is 24.6. The highest BCUT2D eigenvalue weighted by molar-refractivity contribution is 9.10. The minimum Gasteiger partial charge on any atom is -0.355 e. The molecule has 3 aromatic rings. The van der Waals surface area contributed by atoms with Gasteiger partial charge in [0.2, 0.25) is 11.8 Å². The number of hydrogen-bond acceptors (Lipinski definition) is 4. The molecule has 0 spiro atoms. The number of rotatable bonds is 11. The molecule has 0 radical (unpaired) electrons. The van der Waals surface area contributed by atoms with Gasteiger partial charge in [0.05, 0.1) is 10.6 Å². The molecule has 3 rings (SSSR count). The second kappa shape index (κ2) is 13.1. The summed E-state index contributed by atoms with van der Waals surface area (Å²) in [6.45, 7) is 7.64. The van der Waals surface area contributed by atoms with Crippen LogP contribution in [0.15, 0.2) is 82.2 Å². The molecule has 0 saturated carbocycles. The molecule has 0 saturated heterocycles. The quantitative estimate of drug-likeness (QED) is 0.328. The van der Waals surface area contributed by atoms with E-state index in [1.54, 1.807) is 36.4 Å². The summed E-state index contributed by atoms with van der Waals surface area (Å²) in [6.07, 6.45) is 0.380. The molecular formula is C29H34BrN3O4S. The third kappa shape index (κ3) is 7.23. The molecule has 1 atom stereocenters. The smallest absolute Gasteiger partial charge is 0.264 e. The van der Waals surface area contributed by atoms with Gasteiger partial charge in [0.25, 0.3) is 10.0 Å². The van der Waals surface area contributed by atoms with Gasteiger partial charge >= 0.3 is 0 Å². The topological polar surface area (TPSA) is 86.8 Å². The van der Waals surface area contributed by atoms with Gasteiger partial charge in [-0.05, 0) is 63.1 Å². The van der Waals surface area contributed by atoms with Gasteiger partial charge < -0.3 is 10.2 Å². The maximum absolute atomic E-state index is 14.0. The Morgan fingerprint density at radius 3 is 2.08 bits per heavy atom. The highest BCUT2D eigenvalue weighted by Crippen LogP contribution is 2.27. The second-order valence-electron chi connectivity index (χ2n) is 9.13. The first-order chi connectivity index (χ1) is 18.1. The van der Waals surface area contributed by atoms with Crippen LogP contribution in [-0.4, -0.2) is 44.3 Å². The van der Waals surface area contributed by atoms with Crippen LogP contribution in [0.5, 0.6) is 0 Å². The van der Waals surface area contributed by atoms with E-state index < -0.39 is 28.5 Å². The molecule has 38 heavy (non-hydrogen) atoms. The number of aryl methyl sites for hydroxylation is 2. The number of carbonyl (C=O) groups is 2. The third-order valence-corrected chi connectivity index (χ3v) is 8.48. The zero-order chi connectivity index (χ0) is 27.9. The molecule has 0 heterocycles. The van der Waals surface area contributed by atoms with Crippen molar-refractivity contribution in [1.29, 1.82) is 0 Å². The summed E-state index contributed by atoms with van der Waals surface area (Å²) in [6, 6.07) is 20.3. The second-order valence-corrected chi connectivity index (χ2v) is 11.9. The number of likely N-dealkylation sites (N-methyl/N-ethyl adjacent to an activating group) is 1. The third-order valence-electron chi connectivity index (χ3n) is 6.19. The van der Waals surface area contributed by atoms with Gasteiger partial charge in [-0.25, -0.2) is 8.42 Å². The van der Waals surface area contributed by atoms with E-state index in [0.29, 0.717) is 23.1 Å². The summed E-state index contributed by atoms with van der Waals surface area (Å²) in [5.41, 5.74) is 3.19. The van der Waals surface area contributed by atoms with Gasteiger partial charge in [0.15, 0.2) is 0 Å². The van der Waals surface area contributed by atoms with Crippen molar-refractivity contribution >= 4 is 43.5 Å². The van der Waals surface area contributed by atoms with Crippen molar-refractivity contribution in [3.8, 4) is 0 Å². The number of sulfonamides is 1. The summed E-state index contributed by atoms with van der Waals surface area (Å²) < 4.78 is 29.5. The molecule has 0 aliphatic rings. The Balaban J connectivity index is 2.05. The number of benzene rings is 3. The summed E-state index contributed by atoms with van der Waals surface area (Å²) in [5, 5.41) is 2.81. The van der Waals surface area contributed by atoms with Crippen LogP contribution in [0, 0.1) is 13.8 Å². The standard InChI is InChI=1S/C29H34BrN3O4S/c1-5-27(29(35)31-6-2)32(19-23-14-10-21(3)11-15-23)28(34)20-33(25-9-7-8-24(30)18-25)38(36,37)26-16-12-22(4)13-17-26/h7-18,27H,5-6,19-20H2,1-4H3,(H,31,35)/t27-/m0/s1. The maximum atomic E-state index is 14.0. The Labute approximate surface area is 234 Å². The molecule has 9 heteroatoms. The molecule has 7 nitrogen and oxygen atoms in total. The molecule has 0 aromatic heterocycles. The molecule has 0 fully saturated rings. The van der Waals surface area contributed by atoms with Gasteiger partial charge in [-0.3, -0.25) is 13.9 Å². The van der Waals surface area contributed by atoms with Crippen LogP contribution in [0.4, 0.5) is 5.69 Å². The van der Waals surface area contributed by atoms with E-state index in [1.165, 1.54) is 17.0 Å². The first-order valence-corrected chi connectivity index (χ1v) is 14.8. The number of hydrogen-bond donors (Lipinski definition) is 1. The average Bonchev–Trinajstić information content (AvgIpc) is 2.88. The van der Waals surface area contributed by atoms with Crippen molar-refractivity contribution in [2.24, 2.45) is 0 Å².